The molecule has 0 unspecified atom stereocenters. The summed E-state index contributed by atoms with van der Waals surface area (Å²) in [5, 5.41) is 14.6. The van der Waals surface area contributed by atoms with E-state index in [1.54, 1.807) is 24.3 Å². The SMILES string of the molecule is O[C@@](C[NH2+]Cc1ccc(Cl)cc1Cl)(c1ccccc1)c1ccc(F)cc1. The third-order valence-electron chi connectivity index (χ3n) is 4.39. The highest BCUT2D eigenvalue weighted by Gasteiger charge is 2.33. The van der Waals surface area contributed by atoms with Gasteiger partial charge in [-0.1, -0.05) is 71.7 Å². The van der Waals surface area contributed by atoms with Crippen LogP contribution in [0.4, 0.5) is 4.39 Å². The van der Waals surface area contributed by atoms with Crippen LogP contribution in [0.25, 0.3) is 0 Å². The van der Waals surface area contributed by atoms with Crippen molar-refractivity contribution in [3.05, 3.63) is 105 Å². The molecule has 0 saturated carbocycles. The molecule has 0 amide bonds. The van der Waals surface area contributed by atoms with Crippen LogP contribution >= 0.6 is 23.2 Å². The largest absolute Gasteiger partial charge is 0.375 e. The number of hydrogen-bond acceptors (Lipinski definition) is 1. The van der Waals surface area contributed by atoms with E-state index in [4.69, 9.17) is 23.2 Å². The summed E-state index contributed by atoms with van der Waals surface area (Å²) < 4.78 is 13.3. The van der Waals surface area contributed by atoms with Crippen LogP contribution in [-0.4, -0.2) is 11.7 Å². The van der Waals surface area contributed by atoms with Crippen LogP contribution in [0.15, 0.2) is 72.8 Å². The highest BCUT2D eigenvalue weighted by atomic mass is 35.5. The van der Waals surface area contributed by atoms with E-state index < -0.39 is 5.60 Å². The zero-order chi connectivity index (χ0) is 18.6. The number of nitrogens with two attached hydrogens (primary N) is 1. The van der Waals surface area contributed by atoms with E-state index in [0.29, 0.717) is 28.7 Å². The Labute approximate surface area is 162 Å². The molecule has 134 valence electrons. The minimum absolute atomic E-state index is 0.332. The van der Waals surface area contributed by atoms with Gasteiger partial charge in [-0.15, -0.1) is 0 Å². The van der Waals surface area contributed by atoms with Crippen molar-refractivity contribution in [2.24, 2.45) is 0 Å². The second-order valence-electron chi connectivity index (χ2n) is 6.17. The molecule has 5 heteroatoms. The van der Waals surface area contributed by atoms with E-state index in [1.807, 2.05) is 41.7 Å². The Bertz CT molecular complexity index is 871. The average Bonchev–Trinajstić information content (AvgIpc) is 2.64. The predicted molar refractivity (Wildman–Crippen MR) is 103 cm³/mol. The lowest BCUT2D eigenvalue weighted by Crippen LogP contribution is -2.86. The fourth-order valence-electron chi connectivity index (χ4n) is 2.97. The molecule has 3 rings (SSSR count). The van der Waals surface area contributed by atoms with E-state index >= 15 is 0 Å². The number of aliphatic hydroxyl groups is 1. The Hall–Kier alpha value is -1.91. The van der Waals surface area contributed by atoms with Crippen LogP contribution in [-0.2, 0) is 12.1 Å². The highest BCUT2D eigenvalue weighted by Crippen LogP contribution is 2.28. The van der Waals surface area contributed by atoms with Gasteiger partial charge in [0.1, 0.15) is 18.9 Å². The summed E-state index contributed by atoms with van der Waals surface area (Å²) in [5.74, 6) is -0.332. The van der Waals surface area contributed by atoms with Gasteiger partial charge in [0, 0.05) is 10.6 Å². The second-order valence-corrected chi connectivity index (χ2v) is 7.01. The lowest BCUT2D eigenvalue weighted by atomic mass is 9.86. The Morgan fingerprint density at radius 1 is 0.885 bits per heavy atom. The molecule has 3 N–H and O–H groups in total. The standard InChI is InChI=1S/C21H18Cl2FNO/c22-18-9-6-15(20(23)12-18)13-25-14-21(26,16-4-2-1-3-5-16)17-7-10-19(24)11-8-17/h1-12,25-26H,13-14H2/p+1/t21-/m0/s1. The van der Waals surface area contributed by atoms with Gasteiger partial charge in [0.15, 0.2) is 5.60 Å². The number of halogens is 3. The highest BCUT2D eigenvalue weighted by molar-refractivity contribution is 6.35. The smallest absolute Gasteiger partial charge is 0.163 e. The van der Waals surface area contributed by atoms with Crippen molar-refractivity contribution in [1.29, 1.82) is 0 Å². The summed E-state index contributed by atoms with van der Waals surface area (Å²) in [6.45, 7) is 0.952. The first-order chi connectivity index (χ1) is 12.5. The molecule has 0 aliphatic rings. The summed E-state index contributed by atoms with van der Waals surface area (Å²) in [7, 11) is 0. The molecule has 0 aliphatic carbocycles. The van der Waals surface area contributed by atoms with E-state index in [9.17, 15) is 9.50 Å². The van der Waals surface area contributed by atoms with E-state index in [2.05, 4.69) is 0 Å². The molecule has 0 bridgehead atoms. The minimum Gasteiger partial charge on any atom is -0.375 e. The normalized spacial score (nSPS) is 13.4. The van der Waals surface area contributed by atoms with Gasteiger partial charge >= 0.3 is 0 Å². The maximum atomic E-state index is 13.3. The molecule has 0 radical (unpaired) electrons. The van der Waals surface area contributed by atoms with Gasteiger partial charge in [-0.3, -0.25) is 0 Å². The molecule has 0 saturated heterocycles. The Morgan fingerprint density at radius 3 is 2.19 bits per heavy atom. The van der Waals surface area contributed by atoms with E-state index in [1.165, 1.54) is 12.1 Å². The number of quaternary nitrogens is 1. The number of benzene rings is 3. The maximum Gasteiger partial charge on any atom is 0.163 e. The van der Waals surface area contributed by atoms with Gasteiger partial charge in [0.2, 0.25) is 0 Å². The number of rotatable bonds is 6. The first-order valence-corrected chi connectivity index (χ1v) is 9.04. The summed E-state index contributed by atoms with van der Waals surface area (Å²) in [5.41, 5.74) is 1.09. The van der Waals surface area contributed by atoms with Crippen molar-refractivity contribution < 1.29 is 14.8 Å². The van der Waals surface area contributed by atoms with Gasteiger partial charge in [-0.25, -0.2) is 4.39 Å². The predicted octanol–water partition coefficient (Wildman–Crippen LogP) is 4.13. The lowest BCUT2D eigenvalue weighted by Gasteiger charge is -2.28. The van der Waals surface area contributed by atoms with Gasteiger partial charge < -0.3 is 10.4 Å². The number of hydrogen-bond donors (Lipinski definition) is 2. The van der Waals surface area contributed by atoms with Crippen LogP contribution < -0.4 is 5.32 Å². The van der Waals surface area contributed by atoms with Crippen LogP contribution in [0.1, 0.15) is 16.7 Å². The van der Waals surface area contributed by atoms with E-state index in [0.717, 1.165) is 11.1 Å². The van der Waals surface area contributed by atoms with Gasteiger partial charge in [-0.05, 0) is 35.4 Å². The Kier molecular flexibility index (Phi) is 5.94. The van der Waals surface area contributed by atoms with Gasteiger partial charge in [-0.2, -0.15) is 0 Å². The molecule has 0 aromatic heterocycles. The fourth-order valence-corrected chi connectivity index (χ4v) is 3.45. The van der Waals surface area contributed by atoms with Crippen LogP contribution in [0.2, 0.25) is 10.0 Å². The molecule has 3 aromatic carbocycles. The lowest BCUT2D eigenvalue weighted by molar-refractivity contribution is -0.682. The summed E-state index contributed by atoms with van der Waals surface area (Å²) in [6, 6.07) is 20.7. The molecule has 0 aliphatic heterocycles. The van der Waals surface area contributed by atoms with Crippen molar-refractivity contribution in [3.8, 4) is 0 Å². The first kappa shape index (κ1) is 18.9. The molecule has 1 atom stereocenters. The van der Waals surface area contributed by atoms with Crippen LogP contribution in [0.5, 0.6) is 0 Å². The molecule has 0 heterocycles. The second kappa shape index (κ2) is 8.19. The topological polar surface area (TPSA) is 36.8 Å². The molecular weight excluding hydrogens is 372 g/mol. The quantitative estimate of drug-likeness (QED) is 0.652. The zero-order valence-electron chi connectivity index (χ0n) is 14.0. The molecule has 26 heavy (non-hydrogen) atoms. The molecular formula is C21H19Cl2FNO+. The maximum absolute atomic E-state index is 13.3. The van der Waals surface area contributed by atoms with E-state index in [-0.39, 0.29) is 5.82 Å². The monoisotopic (exact) mass is 390 g/mol. The Morgan fingerprint density at radius 2 is 1.54 bits per heavy atom. The van der Waals surface area contributed by atoms with Crippen LogP contribution in [0, 0.1) is 5.82 Å². The average molecular weight is 391 g/mol. The van der Waals surface area contributed by atoms with Crippen molar-refractivity contribution in [1.82, 2.24) is 0 Å². The fraction of sp³-hybridized carbons (Fsp3) is 0.143. The van der Waals surface area contributed by atoms with Crippen molar-refractivity contribution in [3.63, 3.8) is 0 Å². The summed E-state index contributed by atoms with van der Waals surface area (Å²) >= 11 is 12.2. The molecule has 2 nitrogen and oxygen atoms in total. The molecule has 0 spiro atoms. The Balaban J connectivity index is 1.83. The van der Waals surface area contributed by atoms with Crippen LogP contribution in [0.3, 0.4) is 0 Å². The third-order valence-corrected chi connectivity index (χ3v) is 4.98. The van der Waals surface area contributed by atoms with Crippen molar-refractivity contribution >= 4 is 23.2 Å². The minimum atomic E-state index is -1.24. The summed E-state index contributed by atoms with van der Waals surface area (Å²) in [4.78, 5) is 0. The first-order valence-electron chi connectivity index (χ1n) is 8.28. The van der Waals surface area contributed by atoms with Gasteiger partial charge in [0.25, 0.3) is 0 Å². The van der Waals surface area contributed by atoms with Crippen molar-refractivity contribution in [2.75, 3.05) is 6.54 Å². The van der Waals surface area contributed by atoms with Crippen molar-refractivity contribution in [2.45, 2.75) is 12.1 Å². The summed E-state index contributed by atoms with van der Waals surface area (Å²) in [6.07, 6.45) is 0. The molecule has 0 fully saturated rings. The molecule has 3 aromatic rings. The zero-order valence-corrected chi connectivity index (χ0v) is 15.5. The van der Waals surface area contributed by atoms with Gasteiger partial charge in [0.05, 0.1) is 5.02 Å². The third kappa shape index (κ3) is 4.25.